The van der Waals surface area contributed by atoms with Gasteiger partial charge in [0.15, 0.2) is 0 Å². The van der Waals surface area contributed by atoms with E-state index < -0.39 is 11.7 Å². The second kappa shape index (κ2) is 2.11. The Bertz CT molecular complexity index is 191. The highest BCUT2D eigenvalue weighted by Crippen LogP contribution is 2.19. The summed E-state index contributed by atoms with van der Waals surface area (Å²) < 4.78 is 0. The average Bonchev–Trinajstić information content (AvgIpc) is 1.78. The molecule has 0 amide bonds. The molecule has 0 aromatic rings. The molecule has 3 N–H and O–H groups in total. The Hall–Kier alpha value is -0.800. The first kappa shape index (κ1) is 7.31. The molecule has 0 saturated carbocycles. The van der Waals surface area contributed by atoms with E-state index in [1.165, 1.54) is 25.2 Å². The second-order valence-corrected chi connectivity index (χ2v) is 2.60. The summed E-state index contributed by atoms with van der Waals surface area (Å²) in [7, 11) is 0. The quantitative estimate of drug-likeness (QED) is 0.450. The Balaban J connectivity index is 2.88. The van der Waals surface area contributed by atoms with Gasteiger partial charge in [0, 0.05) is 0 Å². The van der Waals surface area contributed by atoms with Gasteiger partial charge in [-0.2, -0.15) is 0 Å². The molecule has 1 rings (SSSR count). The molecule has 0 fully saturated rings. The van der Waals surface area contributed by atoms with E-state index in [1.807, 2.05) is 0 Å². The summed E-state index contributed by atoms with van der Waals surface area (Å²) in [6, 6.07) is 0. The monoisotopic (exact) mass is 142 g/mol. The summed E-state index contributed by atoms with van der Waals surface area (Å²) in [5.41, 5.74) is -1.33. The van der Waals surface area contributed by atoms with Crippen molar-refractivity contribution in [3.05, 3.63) is 24.0 Å². The van der Waals surface area contributed by atoms with E-state index in [4.69, 9.17) is 10.2 Å². The first-order valence-corrected chi connectivity index (χ1v) is 3.03. The first-order valence-electron chi connectivity index (χ1n) is 3.03. The van der Waals surface area contributed by atoms with Gasteiger partial charge in [-0.25, -0.2) is 0 Å². The van der Waals surface area contributed by atoms with Crippen LogP contribution in [0.4, 0.5) is 0 Å². The average molecular weight is 142 g/mol. The van der Waals surface area contributed by atoms with Crippen LogP contribution >= 0.6 is 0 Å². The third kappa shape index (κ3) is 1.20. The van der Waals surface area contributed by atoms with Gasteiger partial charge in [0.25, 0.3) is 0 Å². The molecule has 0 spiro atoms. The molecule has 0 heterocycles. The number of aliphatic hydroxyl groups excluding tert-OH is 2. The highest BCUT2D eigenvalue weighted by molar-refractivity contribution is 5.25. The molecular weight excluding hydrogens is 132 g/mol. The Kier molecular flexibility index (Phi) is 1.54. The topological polar surface area (TPSA) is 60.7 Å². The van der Waals surface area contributed by atoms with Crippen LogP contribution in [0.25, 0.3) is 0 Å². The first-order chi connectivity index (χ1) is 4.52. The third-order valence-electron chi connectivity index (χ3n) is 1.49. The molecule has 0 aromatic heterocycles. The van der Waals surface area contributed by atoms with Gasteiger partial charge in [0.1, 0.15) is 17.5 Å². The van der Waals surface area contributed by atoms with E-state index in [0.29, 0.717) is 0 Å². The zero-order valence-electron chi connectivity index (χ0n) is 5.65. The highest BCUT2D eigenvalue weighted by atomic mass is 16.3. The molecule has 0 saturated heterocycles. The number of rotatable bonds is 0. The molecule has 0 aromatic carbocycles. The van der Waals surface area contributed by atoms with Gasteiger partial charge < -0.3 is 15.3 Å². The molecule has 10 heavy (non-hydrogen) atoms. The summed E-state index contributed by atoms with van der Waals surface area (Å²) in [6.45, 7) is 1.43. The SMILES string of the molecule is CC1(O)C=C(O)C=CC1O. The second-order valence-electron chi connectivity index (χ2n) is 2.60. The molecule has 2 unspecified atom stereocenters. The van der Waals surface area contributed by atoms with Crippen molar-refractivity contribution in [3.8, 4) is 0 Å². The van der Waals surface area contributed by atoms with E-state index in [0.717, 1.165) is 0 Å². The van der Waals surface area contributed by atoms with E-state index in [-0.39, 0.29) is 5.76 Å². The Morgan fingerprint density at radius 1 is 1.60 bits per heavy atom. The lowest BCUT2D eigenvalue weighted by Gasteiger charge is -2.25. The van der Waals surface area contributed by atoms with Gasteiger partial charge in [0.05, 0.1) is 0 Å². The van der Waals surface area contributed by atoms with Gasteiger partial charge in [0.2, 0.25) is 0 Å². The minimum atomic E-state index is -1.33. The Labute approximate surface area is 58.9 Å². The van der Waals surface area contributed by atoms with Gasteiger partial charge in [-0.3, -0.25) is 0 Å². The van der Waals surface area contributed by atoms with Crippen molar-refractivity contribution in [1.82, 2.24) is 0 Å². The van der Waals surface area contributed by atoms with E-state index in [1.54, 1.807) is 0 Å². The lowest BCUT2D eigenvalue weighted by Crippen LogP contribution is -2.37. The molecule has 2 atom stereocenters. The highest BCUT2D eigenvalue weighted by Gasteiger charge is 2.28. The van der Waals surface area contributed by atoms with E-state index in [2.05, 4.69) is 0 Å². The standard InChI is InChI=1S/C7H10O3/c1-7(10)4-5(8)2-3-6(7)9/h2-4,6,8-10H,1H3. The van der Waals surface area contributed by atoms with Crippen LogP contribution in [0.5, 0.6) is 0 Å². The molecule has 3 heteroatoms. The number of aliphatic hydroxyl groups is 3. The van der Waals surface area contributed by atoms with Crippen LogP contribution in [-0.2, 0) is 0 Å². The molecule has 0 bridgehead atoms. The molecule has 1 aliphatic carbocycles. The van der Waals surface area contributed by atoms with Crippen LogP contribution in [0.15, 0.2) is 24.0 Å². The number of hydrogen-bond acceptors (Lipinski definition) is 3. The van der Waals surface area contributed by atoms with Crippen LogP contribution in [0.2, 0.25) is 0 Å². The van der Waals surface area contributed by atoms with Crippen molar-refractivity contribution in [3.63, 3.8) is 0 Å². The summed E-state index contributed by atoms with van der Waals surface area (Å²) in [4.78, 5) is 0. The van der Waals surface area contributed by atoms with Crippen molar-refractivity contribution in [1.29, 1.82) is 0 Å². The zero-order chi connectivity index (χ0) is 7.78. The lowest BCUT2D eigenvalue weighted by molar-refractivity contribution is -0.00367. The summed E-state index contributed by atoms with van der Waals surface area (Å²) in [6.07, 6.45) is 2.97. The van der Waals surface area contributed by atoms with Crippen molar-refractivity contribution in [2.75, 3.05) is 0 Å². The fourth-order valence-corrected chi connectivity index (χ4v) is 0.817. The maximum atomic E-state index is 9.28. The van der Waals surface area contributed by atoms with Gasteiger partial charge >= 0.3 is 0 Å². The fourth-order valence-electron chi connectivity index (χ4n) is 0.817. The lowest BCUT2D eigenvalue weighted by atomic mass is 9.94. The van der Waals surface area contributed by atoms with Gasteiger partial charge in [-0.05, 0) is 25.2 Å². The third-order valence-corrected chi connectivity index (χ3v) is 1.49. The number of allylic oxidation sites excluding steroid dienone is 1. The maximum Gasteiger partial charge on any atom is 0.114 e. The van der Waals surface area contributed by atoms with E-state index >= 15 is 0 Å². The minimum Gasteiger partial charge on any atom is -0.508 e. The van der Waals surface area contributed by atoms with Crippen LogP contribution < -0.4 is 0 Å². The predicted octanol–water partition coefficient (Wildman–Crippen LogP) is 0.110. The molecule has 3 nitrogen and oxygen atoms in total. The Morgan fingerprint density at radius 3 is 2.60 bits per heavy atom. The van der Waals surface area contributed by atoms with Crippen LogP contribution in [0.1, 0.15) is 6.92 Å². The normalized spacial score (nSPS) is 39.5. The summed E-state index contributed by atoms with van der Waals surface area (Å²) >= 11 is 0. The van der Waals surface area contributed by atoms with Crippen LogP contribution in [-0.4, -0.2) is 27.0 Å². The van der Waals surface area contributed by atoms with E-state index in [9.17, 15) is 5.11 Å². The smallest absolute Gasteiger partial charge is 0.114 e. The Morgan fingerprint density at radius 2 is 2.20 bits per heavy atom. The molecule has 0 radical (unpaired) electrons. The van der Waals surface area contributed by atoms with Crippen molar-refractivity contribution >= 4 is 0 Å². The maximum absolute atomic E-state index is 9.28. The van der Waals surface area contributed by atoms with Crippen LogP contribution in [0.3, 0.4) is 0 Å². The summed E-state index contributed by atoms with van der Waals surface area (Å²) in [5, 5.41) is 27.2. The minimum absolute atomic E-state index is 0.0182. The van der Waals surface area contributed by atoms with Gasteiger partial charge in [-0.15, -0.1) is 0 Å². The molecule has 56 valence electrons. The molecule has 1 aliphatic rings. The molecule has 0 aliphatic heterocycles. The molecular formula is C7H10O3. The predicted molar refractivity (Wildman–Crippen MR) is 36.5 cm³/mol. The van der Waals surface area contributed by atoms with Crippen LogP contribution in [0, 0.1) is 0 Å². The number of hydrogen-bond donors (Lipinski definition) is 3. The zero-order valence-corrected chi connectivity index (χ0v) is 5.65. The van der Waals surface area contributed by atoms with Gasteiger partial charge in [-0.1, -0.05) is 0 Å². The summed E-state index contributed by atoms with van der Waals surface area (Å²) in [5.74, 6) is -0.0182. The van der Waals surface area contributed by atoms with Crippen molar-refractivity contribution < 1.29 is 15.3 Å². The van der Waals surface area contributed by atoms with Crippen molar-refractivity contribution in [2.45, 2.75) is 18.6 Å². The van der Waals surface area contributed by atoms with Crippen molar-refractivity contribution in [2.24, 2.45) is 0 Å². The fraction of sp³-hybridized carbons (Fsp3) is 0.429. The largest absolute Gasteiger partial charge is 0.508 e.